The van der Waals surface area contributed by atoms with Gasteiger partial charge in [-0.1, -0.05) is 0 Å². The van der Waals surface area contributed by atoms with E-state index >= 15 is 0 Å². The van der Waals surface area contributed by atoms with E-state index in [4.69, 9.17) is 9.84 Å². The number of methoxy groups -OCH3 is 1. The van der Waals surface area contributed by atoms with Crippen molar-refractivity contribution in [3.8, 4) is 0 Å². The highest BCUT2D eigenvalue weighted by Gasteiger charge is 2.23. The zero-order valence-electron chi connectivity index (χ0n) is 10.2. The lowest BCUT2D eigenvalue weighted by atomic mass is 10.3. The number of hydrogen-bond acceptors (Lipinski definition) is 4. The Morgan fingerprint density at radius 3 is 2.62 bits per heavy atom. The van der Waals surface area contributed by atoms with E-state index in [1.54, 1.807) is 0 Å². The van der Waals surface area contributed by atoms with E-state index in [1.165, 1.54) is 20.0 Å². The molecule has 0 aliphatic carbocycles. The third-order valence-corrected chi connectivity index (χ3v) is 3.11. The molecule has 0 aromatic rings. The number of carboxylic acids is 1. The van der Waals surface area contributed by atoms with Gasteiger partial charge in [0.05, 0.1) is 6.61 Å². The van der Waals surface area contributed by atoms with E-state index in [0.717, 1.165) is 26.2 Å². The lowest BCUT2D eigenvalue weighted by Crippen LogP contribution is -2.44. The first kappa shape index (κ1) is 13.4. The van der Waals surface area contributed by atoms with Crippen LogP contribution in [-0.4, -0.2) is 73.9 Å². The highest BCUT2D eigenvalue weighted by atomic mass is 16.5. The van der Waals surface area contributed by atoms with Crippen LogP contribution in [0, 0.1) is 0 Å². The van der Waals surface area contributed by atoms with Gasteiger partial charge in [-0.25, -0.2) is 0 Å². The first-order valence-corrected chi connectivity index (χ1v) is 5.79. The molecule has 1 aliphatic heterocycles. The van der Waals surface area contributed by atoms with Gasteiger partial charge in [0.15, 0.2) is 0 Å². The molecule has 5 nitrogen and oxygen atoms in total. The first-order valence-electron chi connectivity index (χ1n) is 5.79. The molecule has 0 amide bonds. The molecule has 16 heavy (non-hydrogen) atoms. The van der Waals surface area contributed by atoms with Crippen LogP contribution in [0.2, 0.25) is 0 Å². The van der Waals surface area contributed by atoms with Crippen LogP contribution in [0.1, 0.15) is 12.8 Å². The van der Waals surface area contributed by atoms with Gasteiger partial charge in [-0.3, -0.25) is 9.69 Å². The Morgan fingerprint density at radius 2 is 2.12 bits per heavy atom. The molecule has 94 valence electrons. The summed E-state index contributed by atoms with van der Waals surface area (Å²) in [5, 5.41) is 9.03. The number of aliphatic carboxylic acids is 1. The molecular formula is C11H22N2O3. The van der Waals surface area contributed by atoms with Crippen molar-refractivity contribution in [1.82, 2.24) is 9.80 Å². The third-order valence-electron chi connectivity index (χ3n) is 3.11. The highest BCUT2D eigenvalue weighted by Crippen LogP contribution is 2.07. The molecule has 1 saturated heterocycles. The second-order valence-corrected chi connectivity index (χ2v) is 4.34. The molecule has 0 spiro atoms. The van der Waals surface area contributed by atoms with Crippen molar-refractivity contribution in [2.24, 2.45) is 0 Å². The Labute approximate surface area is 97.0 Å². The summed E-state index contributed by atoms with van der Waals surface area (Å²) in [6, 6.07) is -0.535. The first-order chi connectivity index (χ1) is 7.65. The van der Waals surface area contributed by atoms with Crippen LogP contribution in [0.15, 0.2) is 0 Å². The average Bonchev–Trinajstić information content (AvgIpc) is 2.75. The average molecular weight is 230 g/mol. The van der Waals surface area contributed by atoms with E-state index in [2.05, 4.69) is 4.90 Å². The number of nitrogens with zero attached hydrogens (tertiary/aromatic N) is 2. The number of likely N-dealkylation sites (tertiary alicyclic amines) is 1. The molecule has 1 unspecified atom stereocenters. The van der Waals surface area contributed by atoms with Gasteiger partial charge in [0, 0.05) is 20.2 Å². The Hall–Kier alpha value is -0.650. The molecule has 0 bridgehead atoms. The highest BCUT2D eigenvalue weighted by molar-refractivity contribution is 5.73. The standard InChI is InChI=1S/C11H22N2O3/c1-12(10(9-16-2)11(14)15)7-8-13-5-3-4-6-13/h10H,3-9H2,1-2H3,(H,14,15). The van der Waals surface area contributed by atoms with Crippen LogP contribution < -0.4 is 0 Å². The fourth-order valence-corrected chi connectivity index (χ4v) is 2.01. The Balaban J connectivity index is 2.29. The van der Waals surface area contributed by atoms with Crippen molar-refractivity contribution in [1.29, 1.82) is 0 Å². The SMILES string of the molecule is COCC(C(=O)O)N(C)CCN1CCCC1. The summed E-state index contributed by atoms with van der Waals surface area (Å²) in [5.74, 6) is -0.814. The number of hydrogen-bond donors (Lipinski definition) is 1. The molecule has 1 rings (SSSR count). The van der Waals surface area contributed by atoms with Gasteiger partial charge in [0.25, 0.3) is 0 Å². The molecule has 0 aromatic carbocycles. The van der Waals surface area contributed by atoms with Gasteiger partial charge in [-0.2, -0.15) is 0 Å². The second kappa shape index (κ2) is 6.83. The molecule has 1 N–H and O–H groups in total. The fraction of sp³-hybridized carbons (Fsp3) is 0.909. The molecule has 0 aromatic heterocycles. The van der Waals surface area contributed by atoms with Crippen LogP contribution in [0.4, 0.5) is 0 Å². The molecule has 1 aliphatic rings. The number of likely N-dealkylation sites (N-methyl/N-ethyl adjacent to an activating group) is 1. The Kier molecular flexibility index (Phi) is 5.73. The van der Waals surface area contributed by atoms with Gasteiger partial charge in [-0.15, -0.1) is 0 Å². The van der Waals surface area contributed by atoms with Gasteiger partial charge < -0.3 is 14.7 Å². The molecular weight excluding hydrogens is 208 g/mol. The number of ether oxygens (including phenoxy) is 1. The van der Waals surface area contributed by atoms with Gasteiger partial charge in [0.1, 0.15) is 6.04 Å². The van der Waals surface area contributed by atoms with Crippen LogP contribution in [-0.2, 0) is 9.53 Å². The Bertz CT molecular complexity index is 217. The van der Waals surface area contributed by atoms with E-state index < -0.39 is 12.0 Å². The van der Waals surface area contributed by atoms with Gasteiger partial charge >= 0.3 is 5.97 Å². The summed E-state index contributed by atoms with van der Waals surface area (Å²) < 4.78 is 4.92. The topological polar surface area (TPSA) is 53.0 Å². The van der Waals surface area contributed by atoms with Crippen molar-refractivity contribution in [2.45, 2.75) is 18.9 Å². The quantitative estimate of drug-likeness (QED) is 0.673. The molecule has 1 heterocycles. The zero-order valence-corrected chi connectivity index (χ0v) is 10.2. The minimum atomic E-state index is -0.814. The lowest BCUT2D eigenvalue weighted by molar-refractivity contribution is -0.144. The van der Waals surface area contributed by atoms with Crippen molar-refractivity contribution in [3.05, 3.63) is 0 Å². The third kappa shape index (κ3) is 4.08. The molecule has 1 atom stereocenters. The summed E-state index contributed by atoms with van der Waals surface area (Å²) in [6.45, 7) is 4.27. The van der Waals surface area contributed by atoms with Crippen molar-refractivity contribution < 1.29 is 14.6 Å². The molecule has 0 saturated carbocycles. The monoisotopic (exact) mass is 230 g/mol. The number of carboxylic acid groups (broad SMARTS) is 1. The lowest BCUT2D eigenvalue weighted by Gasteiger charge is -2.26. The number of rotatable bonds is 7. The largest absolute Gasteiger partial charge is 0.480 e. The van der Waals surface area contributed by atoms with Crippen LogP contribution >= 0.6 is 0 Å². The smallest absolute Gasteiger partial charge is 0.323 e. The molecule has 5 heteroatoms. The summed E-state index contributed by atoms with van der Waals surface area (Å²) in [6.07, 6.45) is 2.54. The van der Waals surface area contributed by atoms with Crippen molar-refractivity contribution in [3.63, 3.8) is 0 Å². The van der Waals surface area contributed by atoms with E-state index in [9.17, 15) is 4.79 Å². The maximum Gasteiger partial charge on any atom is 0.323 e. The van der Waals surface area contributed by atoms with Gasteiger partial charge in [-0.05, 0) is 33.0 Å². The summed E-state index contributed by atoms with van der Waals surface area (Å²) in [7, 11) is 3.37. The van der Waals surface area contributed by atoms with Gasteiger partial charge in [0.2, 0.25) is 0 Å². The van der Waals surface area contributed by atoms with Crippen molar-refractivity contribution in [2.75, 3.05) is 46.9 Å². The predicted octanol–water partition coefficient (Wildman–Crippen LogP) is 0.114. The van der Waals surface area contributed by atoms with E-state index in [0.29, 0.717) is 0 Å². The predicted molar refractivity (Wildman–Crippen MR) is 61.6 cm³/mol. The fourth-order valence-electron chi connectivity index (χ4n) is 2.01. The minimum Gasteiger partial charge on any atom is -0.480 e. The van der Waals surface area contributed by atoms with Crippen LogP contribution in [0.25, 0.3) is 0 Å². The Morgan fingerprint density at radius 1 is 1.50 bits per heavy atom. The van der Waals surface area contributed by atoms with E-state index in [1.807, 2.05) is 11.9 Å². The molecule has 1 fully saturated rings. The number of carbonyl (C=O) groups is 1. The molecule has 0 radical (unpaired) electrons. The second-order valence-electron chi connectivity index (χ2n) is 4.34. The summed E-state index contributed by atoms with van der Waals surface area (Å²) in [5.41, 5.74) is 0. The maximum absolute atomic E-state index is 11.0. The summed E-state index contributed by atoms with van der Waals surface area (Å²) >= 11 is 0. The summed E-state index contributed by atoms with van der Waals surface area (Å²) in [4.78, 5) is 15.2. The van der Waals surface area contributed by atoms with E-state index in [-0.39, 0.29) is 6.61 Å². The van der Waals surface area contributed by atoms with Crippen LogP contribution in [0.5, 0.6) is 0 Å². The van der Waals surface area contributed by atoms with Crippen molar-refractivity contribution >= 4 is 5.97 Å². The van der Waals surface area contributed by atoms with Crippen LogP contribution in [0.3, 0.4) is 0 Å². The minimum absolute atomic E-state index is 0.242. The maximum atomic E-state index is 11.0. The zero-order chi connectivity index (χ0) is 12.0. The normalized spacial score (nSPS) is 19.2.